The van der Waals surface area contributed by atoms with Crippen molar-refractivity contribution < 1.29 is 24.1 Å². The van der Waals surface area contributed by atoms with E-state index in [1.165, 1.54) is 0 Å². The molecule has 0 amide bonds. The van der Waals surface area contributed by atoms with E-state index in [1.54, 1.807) is 7.11 Å². The molecule has 5 nitrogen and oxygen atoms in total. The largest absolute Gasteiger partial charge is 0.390 e. The lowest BCUT2D eigenvalue weighted by atomic mass is 10.0. The van der Waals surface area contributed by atoms with Crippen molar-refractivity contribution in [3.05, 3.63) is 35.9 Å². The minimum atomic E-state index is -0.598. The second-order valence-electron chi connectivity index (χ2n) is 4.82. The number of benzene rings is 1. The zero-order chi connectivity index (χ0) is 13.2. The highest BCUT2D eigenvalue weighted by Gasteiger charge is 2.43. The number of rotatable bonds is 2. The molecule has 1 aromatic rings. The fraction of sp³-hybridized carbons (Fsp3) is 0.571. The Balaban J connectivity index is 1.70. The zero-order valence-electron chi connectivity index (χ0n) is 10.8. The second-order valence-corrected chi connectivity index (χ2v) is 4.82. The molecule has 0 bridgehead atoms. The number of fused-ring (bicyclic) bond motifs is 1. The van der Waals surface area contributed by atoms with Gasteiger partial charge in [0.05, 0.1) is 12.7 Å². The molecule has 1 aromatic carbocycles. The molecular formula is C14H18O5. The first-order chi connectivity index (χ1) is 9.28. The van der Waals surface area contributed by atoms with Gasteiger partial charge in [0.1, 0.15) is 12.2 Å². The Morgan fingerprint density at radius 2 is 2.00 bits per heavy atom. The Morgan fingerprint density at radius 3 is 2.74 bits per heavy atom. The van der Waals surface area contributed by atoms with Crippen LogP contribution in [0.4, 0.5) is 0 Å². The van der Waals surface area contributed by atoms with Crippen LogP contribution >= 0.6 is 0 Å². The molecule has 0 spiro atoms. The predicted octanol–water partition coefficient (Wildman–Crippen LogP) is 1.22. The number of hydrogen-bond acceptors (Lipinski definition) is 5. The van der Waals surface area contributed by atoms with Crippen LogP contribution in [0.5, 0.6) is 0 Å². The average molecular weight is 266 g/mol. The van der Waals surface area contributed by atoms with E-state index in [1.807, 2.05) is 30.3 Å². The van der Waals surface area contributed by atoms with Gasteiger partial charge in [-0.3, -0.25) is 0 Å². The first-order valence-corrected chi connectivity index (χ1v) is 6.46. The molecule has 5 heteroatoms. The molecule has 104 valence electrons. The van der Waals surface area contributed by atoms with Crippen molar-refractivity contribution in [2.45, 2.75) is 37.3 Å². The van der Waals surface area contributed by atoms with Gasteiger partial charge >= 0.3 is 0 Å². The van der Waals surface area contributed by atoms with E-state index < -0.39 is 18.7 Å². The van der Waals surface area contributed by atoms with Crippen molar-refractivity contribution in [3.63, 3.8) is 0 Å². The molecule has 0 aliphatic carbocycles. The van der Waals surface area contributed by atoms with Crippen LogP contribution in [0.2, 0.25) is 0 Å². The van der Waals surface area contributed by atoms with Gasteiger partial charge in [0.2, 0.25) is 0 Å². The highest BCUT2D eigenvalue weighted by atomic mass is 16.7. The lowest BCUT2D eigenvalue weighted by Crippen LogP contribution is -2.55. The van der Waals surface area contributed by atoms with E-state index in [2.05, 4.69) is 0 Å². The van der Waals surface area contributed by atoms with Crippen LogP contribution in [0.25, 0.3) is 0 Å². The van der Waals surface area contributed by atoms with E-state index in [4.69, 9.17) is 18.9 Å². The van der Waals surface area contributed by atoms with Gasteiger partial charge in [-0.15, -0.1) is 0 Å². The third kappa shape index (κ3) is 2.66. The molecule has 2 saturated heterocycles. The Hall–Kier alpha value is -0.980. The molecule has 1 N–H and O–H groups in total. The average Bonchev–Trinajstić information content (AvgIpc) is 2.47. The fourth-order valence-electron chi connectivity index (χ4n) is 2.52. The molecule has 2 aliphatic rings. The summed E-state index contributed by atoms with van der Waals surface area (Å²) in [6.07, 6.45) is -1.67. The van der Waals surface area contributed by atoms with Gasteiger partial charge in [0, 0.05) is 19.1 Å². The molecule has 2 heterocycles. The van der Waals surface area contributed by atoms with Crippen molar-refractivity contribution in [1.82, 2.24) is 0 Å². The standard InChI is InChI=1S/C14H18O5/c1-16-12-7-10(15)13-11(18-12)8-17-14(19-13)9-5-3-2-4-6-9/h2-6,10-15H,7-8H2,1H3/t10-,11+,12-,13+,14+/m1/s1. The Labute approximate surface area is 112 Å². The molecule has 2 fully saturated rings. The van der Waals surface area contributed by atoms with Crippen molar-refractivity contribution in [2.24, 2.45) is 0 Å². The lowest BCUT2D eigenvalue weighted by molar-refractivity contribution is -0.334. The summed E-state index contributed by atoms with van der Waals surface area (Å²) in [5.74, 6) is 0. The number of aliphatic hydroxyl groups excluding tert-OH is 1. The molecular weight excluding hydrogens is 248 g/mol. The van der Waals surface area contributed by atoms with Gasteiger partial charge in [-0.25, -0.2) is 0 Å². The van der Waals surface area contributed by atoms with Crippen molar-refractivity contribution in [1.29, 1.82) is 0 Å². The van der Waals surface area contributed by atoms with Gasteiger partial charge in [0.25, 0.3) is 0 Å². The molecule has 19 heavy (non-hydrogen) atoms. The van der Waals surface area contributed by atoms with Crippen LogP contribution in [0.3, 0.4) is 0 Å². The molecule has 0 radical (unpaired) electrons. The zero-order valence-corrected chi connectivity index (χ0v) is 10.8. The number of hydrogen-bond donors (Lipinski definition) is 1. The Kier molecular flexibility index (Phi) is 3.81. The number of ether oxygens (including phenoxy) is 4. The molecule has 0 aromatic heterocycles. The molecule has 0 saturated carbocycles. The normalized spacial score (nSPS) is 38.7. The summed E-state index contributed by atoms with van der Waals surface area (Å²) in [7, 11) is 1.56. The van der Waals surface area contributed by atoms with E-state index in [0.717, 1.165) is 5.56 Å². The van der Waals surface area contributed by atoms with Crippen molar-refractivity contribution in [3.8, 4) is 0 Å². The maximum Gasteiger partial charge on any atom is 0.184 e. The Morgan fingerprint density at radius 1 is 1.21 bits per heavy atom. The van der Waals surface area contributed by atoms with E-state index in [9.17, 15) is 5.11 Å². The summed E-state index contributed by atoms with van der Waals surface area (Å²) in [6, 6.07) is 9.70. The number of aliphatic hydroxyl groups is 1. The first-order valence-electron chi connectivity index (χ1n) is 6.46. The summed E-state index contributed by atoms with van der Waals surface area (Å²) in [5, 5.41) is 10.1. The highest BCUT2D eigenvalue weighted by molar-refractivity contribution is 5.16. The maximum absolute atomic E-state index is 10.1. The summed E-state index contributed by atoms with van der Waals surface area (Å²) in [5.41, 5.74) is 0.946. The number of methoxy groups -OCH3 is 1. The van der Waals surface area contributed by atoms with E-state index in [0.29, 0.717) is 13.0 Å². The smallest absolute Gasteiger partial charge is 0.184 e. The summed E-state index contributed by atoms with van der Waals surface area (Å²) in [4.78, 5) is 0. The monoisotopic (exact) mass is 266 g/mol. The fourth-order valence-corrected chi connectivity index (χ4v) is 2.52. The maximum atomic E-state index is 10.1. The lowest BCUT2D eigenvalue weighted by Gasteiger charge is -2.43. The SMILES string of the molecule is CO[C@H]1C[C@@H](O)[C@@H]2O[C@@H](c3ccccc3)OC[C@@H]2O1. The quantitative estimate of drug-likeness (QED) is 0.872. The third-order valence-corrected chi connectivity index (χ3v) is 3.53. The minimum Gasteiger partial charge on any atom is -0.390 e. The van der Waals surface area contributed by atoms with E-state index >= 15 is 0 Å². The molecule has 0 unspecified atom stereocenters. The Bertz CT molecular complexity index is 410. The highest BCUT2D eigenvalue weighted by Crippen LogP contribution is 2.33. The topological polar surface area (TPSA) is 57.2 Å². The summed E-state index contributed by atoms with van der Waals surface area (Å²) >= 11 is 0. The van der Waals surface area contributed by atoms with Crippen molar-refractivity contribution in [2.75, 3.05) is 13.7 Å². The van der Waals surface area contributed by atoms with Gasteiger partial charge < -0.3 is 24.1 Å². The minimum absolute atomic E-state index is 0.284. The van der Waals surface area contributed by atoms with Crippen LogP contribution in [0.15, 0.2) is 30.3 Å². The van der Waals surface area contributed by atoms with Gasteiger partial charge in [0.15, 0.2) is 12.6 Å². The van der Waals surface area contributed by atoms with Crippen molar-refractivity contribution >= 4 is 0 Å². The van der Waals surface area contributed by atoms with E-state index in [-0.39, 0.29) is 12.2 Å². The third-order valence-electron chi connectivity index (χ3n) is 3.53. The molecule has 5 atom stereocenters. The second kappa shape index (κ2) is 5.56. The molecule has 2 aliphatic heterocycles. The van der Waals surface area contributed by atoms with Crippen LogP contribution in [-0.2, 0) is 18.9 Å². The summed E-state index contributed by atoms with van der Waals surface area (Å²) < 4.78 is 22.3. The predicted molar refractivity (Wildman–Crippen MR) is 66.3 cm³/mol. The van der Waals surface area contributed by atoms with Crippen LogP contribution in [0.1, 0.15) is 18.3 Å². The molecule has 3 rings (SSSR count). The van der Waals surface area contributed by atoms with Gasteiger partial charge in [-0.2, -0.15) is 0 Å². The van der Waals surface area contributed by atoms with Crippen LogP contribution in [-0.4, -0.2) is 43.4 Å². The summed E-state index contributed by atoms with van der Waals surface area (Å²) in [6.45, 7) is 0.390. The van der Waals surface area contributed by atoms with Crippen LogP contribution < -0.4 is 0 Å². The van der Waals surface area contributed by atoms with Crippen LogP contribution in [0, 0.1) is 0 Å². The van der Waals surface area contributed by atoms with Gasteiger partial charge in [-0.05, 0) is 0 Å². The first kappa shape index (κ1) is 13.0. The van der Waals surface area contributed by atoms with Gasteiger partial charge in [-0.1, -0.05) is 30.3 Å².